The van der Waals surface area contributed by atoms with Gasteiger partial charge in [-0.05, 0) is 32.9 Å². The van der Waals surface area contributed by atoms with Gasteiger partial charge in [-0.15, -0.1) is 0 Å². The van der Waals surface area contributed by atoms with Crippen molar-refractivity contribution in [2.75, 3.05) is 26.3 Å². The first-order valence-electron chi connectivity index (χ1n) is 4.22. The lowest BCUT2D eigenvalue weighted by atomic mass is 9.95. The van der Waals surface area contributed by atoms with Crippen LogP contribution in [0.3, 0.4) is 0 Å². The van der Waals surface area contributed by atoms with Crippen molar-refractivity contribution in [2.24, 2.45) is 0 Å². The molecule has 1 aliphatic heterocycles. The van der Waals surface area contributed by atoms with Gasteiger partial charge in [0.05, 0.1) is 18.8 Å². The zero-order valence-electron chi connectivity index (χ0n) is 7.10. The molecule has 1 aliphatic rings. The Morgan fingerprint density at radius 2 is 2.09 bits per heavy atom. The Kier molecular flexibility index (Phi) is 3.30. The molecule has 0 bridgehead atoms. The lowest BCUT2D eigenvalue weighted by Crippen LogP contribution is -2.42. The fraction of sp³-hybridized carbons (Fsp3) is 1.00. The molecule has 0 aromatic heterocycles. The molecule has 66 valence electrons. The third-order valence-electron chi connectivity index (χ3n) is 2.20. The highest BCUT2D eigenvalue weighted by molar-refractivity contribution is 4.81. The van der Waals surface area contributed by atoms with E-state index in [1.807, 2.05) is 0 Å². The number of piperidine rings is 1. The molecule has 1 saturated heterocycles. The van der Waals surface area contributed by atoms with Gasteiger partial charge in [0.15, 0.2) is 0 Å². The number of rotatable bonds is 3. The number of aliphatic hydroxyl groups is 1. The van der Waals surface area contributed by atoms with E-state index in [1.165, 1.54) is 0 Å². The molecule has 0 aromatic rings. The number of hydrogen-bond donors (Lipinski definition) is 2. The lowest BCUT2D eigenvalue weighted by Gasteiger charge is -2.33. The lowest BCUT2D eigenvalue weighted by molar-refractivity contribution is -0.0631. The standard InChI is InChI=1S/C8H17NO2/c1-8(11-7-6-10)2-4-9-5-3-8/h9-10H,2-7H2,1H3. The third kappa shape index (κ3) is 2.77. The van der Waals surface area contributed by atoms with E-state index in [1.54, 1.807) is 0 Å². The Morgan fingerprint density at radius 3 is 2.64 bits per heavy atom. The summed E-state index contributed by atoms with van der Waals surface area (Å²) in [6, 6.07) is 0. The van der Waals surface area contributed by atoms with E-state index < -0.39 is 0 Å². The van der Waals surface area contributed by atoms with Gasteiger partial charge in [-0.2, -0.15) is 0 Å². The van der Waals surface area contributed by atoms with Crippen LogP contribution in [0, 0.1) is 0 Å². The fourth-order valence-corrected chi connectivity index (χ4v) is 1.39. The van der Waals surface area contributed by atoms with Gasteiger partial charge in [0.2, 0.25) is 0 Å². The molecule has 1 fully saturated rings. The maximum absolute atomic E-state index is 8.57. The van der Waals surface area contributed by atoms with Crippen LogP contribution in [0.4, 0.5) is 0 Å². The van der Waals surface area contributed by atoms with Crippen LogP contribution in [0.5, 0.6) is 0 Å². The van der Waals surface area contributed by atoms with E-state index in [-0.39, 0.29) is 12.2 Å². The molecule has 2 N–H and O–H groups in total. The Morgan fingerprint density at radius 1 is 1.45 bits per heavy atom. The van der Waals surface area contributed by atoms with Crippen LogP contribution in [0.2, 0.25) is 0 Å². The second-order valence-electron chi connectivity index (χ2n) is 3.27. The number of hydrogen-bond acceptors (Lipinski definition) is 3. The molecule has 0 radical (unpaired) electrons. The van der Waals surface area contributed by atoms with Crippen molar-refractivity contribution < 1.29 is 9.84 Å². The molecule has 0 amide bonds. The summed E-state index contributed by atoms with van der Waals surface area (Å²) in [6.45, 7) is 4.77. The van der Waals surface area contributed by atoms with E-state index in [2.05, 4.69) is 12.2 Å². The van der Waals surface area contributed by atoms with Crippen molar-refractivity contribution in [2.45, 2.75) is 25.4 Å². The summed E-state index contributed by atoms with van der Waals surface area (Å²) >= 11 is 0. The number of nitrogens with one attached hydrogen (secondary N) is 1. The zero-order chi connectivity index (χ0) is 8.16. The molecule has 0 aliphatic carbocycles. The molecular weight excluding hydrogens is 142 g/mol. The normalized spacial score (nSPS) is 23.5. The van der Waals surface area contributed by atoms with Crippen molar-refractivity contribution >= 4 is 0 Å². The quantitative estimate of drug-likeness (QED) is 0.615. The van der Waals surface area contributed by atoms with Crippen LogP contribution in [0.25, 0.3) is 0 Å². The highest BCUT2D eigenvalue weighted by Gasteiger charge is 2.26. The van der Waals surface area contributed by atoms with Gasteiger partial charge in [0.1, 0.15) is 0 Å². The summed E-state index contributed by atoms with van der Waals surface area (Å²) < 4.78 is 5.53. The third-order valence-corrected chi connectivity index (χ3v) is 2.20. The highest BCUT2D eigenvalue weighted by Crippen LogP contribution is 2.21. The van der Waals surface area contributed by atoms with Gasteiger partial charge in [0, 0.05) is 0 Å². The van der Waals surface area contributed by atoms with Gasteiger partial charge < -0.3 is 15.2 Å². The summed E-state index contributed by atoms with van der Waals surface area (Å²) in [5.74, 6) is 0. The van der Waals surface area contributed by atoms with E-state index in [4.69, 9.17) is 9.84 Å². The first kappa shape index (κ1) is 8.97. The molecule has 3 nitrogen and oxygen atoms in total. The first-order valence-corrected chi connectivity index (χ1v) is 4.22. The minimum Gasteiger partial charge on any atom is -0.394 e. The van der Waals surface area contributed by atoms with Gasteiger partial charge in [-0.1, -0.05) is 0 Å². The maximum Gasteiger partial charge on any atom is 0.0705 e. The molecule has 11 heavy (non-hydrogen) atoms. The molecule has 0 saturated carbocycles. The minimum absolute atomic E-state index is 0.00792. The van der Waals surface area contributed by atoms with Crippen LogP contribution in [-0.2, 0) is 4.74 Å². The van der Waals surface area contributed by atoms with Crippen LogP contribution < -0.4 is 5.32 Å². The SMILES string of the molecule is CC1(OCCO)CCNCC1. The topological polar surface area (TPSA) is 41.5 Å². The molecule has 0 aromatic carbocycles. The minimum atomic E-state index is 0.00792. The van der Waals surface area contributed by atoms with Crippen molar-refractivity contribution in [3.63, 3.8) is 0 Å². The highest BCUT2D eigenvalue weighted by atomic mass is 16.5. The van der Waals surface area contributed by atoms with Crippen molar-refractivity contribution in [3.8, 4) is 0 Å². The predicted octanol–water partition coefficient (Wildman–Crippen LogP) is 0.137. The summed E-state index contributed by atoms with van der Waals surface area (Å²) in [7, 11) is 0. The van der Waals surface area contributed by atoms with Gasteiger partial charge >= 0.3 is 0 Å². The first-order chi connectivity index (χ1) is 5.27. The fourth-order valence-electron chi connectivity index (χ4n) is 1.39. The molecule has 1 rings (SSSR count). The van der Waals surface area contributed by atoms with Crippen molar-refractivity contribution in [1.82, 2.24) is 5.32 Å². The Labute approximate surface area is 67.7 Å². The molecular formula is C8H17NO2. The van der Waals surface area contributed by atoms with Gasteiger partial charge in [-0.25, -0.2) is 0 Å². The van der Waals surface area contributed by atoms with Crippen LogP contribution in [0.15, 0.2) is 0 Å². The van der Waals surface area contributed by atoms with Crippen molar-refractivity contribution in [1.29, 1.82) is 0 Å². The van der Waals surface area contributed by atoms with Crippen molar-refractivity contribution in [3.05, 3.63) is 0 Å². The summed E-state index contributed by atoms with van der Waals surface area (Å²) in [6.07, 6.45) is 2.10. The number of aliphatic hydroxyl groups excluding tert-OH is 1. The average molecular weight is 159 g/mol. The van der Waals surface area contributed by atoms with Crippen LogP contribution in [-0.4, -0.2) is 37.0 Å². The maximum atomic E-state index is 8.57. The molecule has 0 spiro atoms. The van der Waals surface area contributed by atoms with Gasteiger partial charge in [-0.3, -0.25) is 0 Å². The van der Waals surface area contributed by atoms with Gasteiger partial charge in [0.25, 0.3) is 0 Å². The monoisotopic (exact) mass is 159 g/mol. The Bertz CT molecular complexity index is 111. The van der Waals surface area contributed by atoms with Crippen LogP contribution >= 0.6 is 0 Å². The average Bonchev–Trinajstić information content (AvgIpc) is 2.03. The largest absolute Gasteiger partial charge is 0.394 e. The number of ether oxygens (including phenoxy) is 1. The second-order valence-corrected chi connectivity index (χ2v) is 3.27. The summed E-state index contributed by atoms with van der Waals surface area (Å²) in [4.78, 5) is 0. The Hall–Kier alpha value is -0.120. The Balaban J connectivity index is 2.25. The molecule has 3 heteroatoms. The summed E-state index contributed by atoms with van der Waals surface area (Å²) in [5.41, 5.74) is 0.00792. The molecule has 1 heterocycles. The summed E-state index contributed by atoms with van der Waals surface area (Å²) in [5, 5.41) is 11.8. The van der Waals surface area contributed by atoms with Crippen LogP contribution in [0.1, 0.15) is 19.8 Å². The second kappa shape index (κ2) is 4.04. The molecule has 0 unspecified atom stereocenters. The van der Waals surface area contributed by atoms with E-state index in [0.717, 1.165) is 25.9 Å². The van der Waals surface area contributed by atoms with E-state index >= 15 is 0 Å². The predicted molar refractivity (Wildman–Crippen MR) is 43.5 cm³/mol. The molecule has 0 atom stereocenters. The van der Waals surface area contributed by atoms with E-state index in [9.17, 15) is 0 Å². The van der Waals surface area contributed by atoms with E-state index in [0.29, 0.717) is 6.61 Å². The smallest absolute Gasteiger partial charge is 0.0705 e. The zero-order valence-corrected chi connectivity index (χ0v) is 7.10.